The molecule has 1 heterocycles. The summed E-state index contributed by atoms with van der Waals surface area (Å²) in [6.07, 6.45) is 0.486. The number of carbonyl (C=O) groups excluding carboxylic acids is 2. The van der Waals surface area contributed by atoms with Crippen LogP contribution in [-0.4, -0.2) is 56.0 Å². The molecule has 2 aliphatic rings. The molecule has 160 valence electrons. The van der Waals surface area contributed by atoms with Crippen LogP contribution in [0.3, 0.4) is 0 Å². The fourth-order valence-electron chi connectivity index (χ4n) is 3.46. The lowest BCUT2D eigenvalue weighted by molar-refractivity contribution is -0.137. The molecule has 0 bridgehead atoms. The number of amides is 2. The largest absolute Gasteiger partial charge is 0.416 e. The van der Waals surface area contributed by atoms with E-state index in [0.717, 1.165) is 57.3 Å². The van der Waals surface area contributed by atoms with Gasteiger partial charge in [0.25, 0.3) is 0 Å². The summed E-state index contributed by atoms with van der Waals surface area (Å²) in [6, 6.07) is 3.70. The predicted molar refractivity (Wildman–Crippen MR) is 105 cm³/mol. The van der Waals surface area contributed by atoms with Gasteiger partial charge in [-0.1, -0.05) is 0 Å². The Hall–Kier alpha value is -2.29. The Morgan fingerprint density at radius 3 is 2.38 bits per heavy atom. The summed E-state index contributed by atoms with van der Waals surface area (Å²) in [4.78, 5) is 27.8. The van der Waals surface area contributed by atoms with Crippen molar-refractivity contribution in [3.05, 3.63) is 23.8 Å². The van der Waals surface area contributed by atoms with Crippen LogP contribution in [0.2, 0.25) is 0 Å². The van der Waals surface area contributed by atoms with Crippen molar-refractivity contribution >= 4 is 23.2 Å². The van der Waals surface area contributed by atoms with Gasteiger partial charge in [0, 0.05) is 19.1 Å². The highest BCUT2D eigenvalue weighted by molar-refractivity contribution is 5.96. The Balaban J connectivity index is 1.67. The third-order valence-electron chi connectivity index (χ3n) is 5.06. The number of halogens is 3. The summed E-state index contributed by atoms with van der Waals surface area (Å²) >= 11 is 0. The first kappa shape index (κ1) is 21.4. The van der Waals surface area contributed by atoms with E-state index < -0.39 is 17.6 Å². The highest BCUT2D eigenvalue weighted by Gasteiger charge is 2.32. The van der Waals surface area contributed by atoms with Gasteiger partial charge in [0.2, 0.25) is 11.8 Å². The minimum Gasteiger partial charge on any atom is -0.370 e. The average Bonchev–Trinajstić information content (AvgIpc) is 3.45. The van der Waals surface area contributed by atoms with Gasteiger partial charge in [0.1, 0.15) is 0 Å². The zero-order valence-corrected chi connectivity index (χ0v) is 16.5. The number of nitrogens with one attached hydrogen (secondary N) is 2. The number of anilines is 2. The number of hydrogen-bond donors (Lipinski definition) is 2. The van der Waals surface area contributed by atoms with E-state index in [4.69, 9.17) is 0 Å². The van der Waals surface area contributed by atoms with E-state index in [1.165, 1.54) is 6.07 Å². The van der Waals surface area contributed by atoms with Crippen LogP contribution in [0, 0.1) is 0 Å². The van der Waals surface area contributed by atoms with Crippen molar-refractivity contribution in [2.75, 3.05) is 43.4 Å². The Labute approximate surface area is 168 Å². The lowest BCUT2D eigenvalue weighted by atomic mass is 10.1. The molecule has 1 saturated heterocycles. The summed E-state index contributed by atoms with van der Waals surface area (Å²) < 4.78 is 39.5. The second-order valence-electron chi connectivity index (χ2n) is 7.84. The Morgan fingerprint density at radius 1 is 1.10 bits per heavy atom. The van der Waals surface area contributed by atoms with Crippen LogP contribution in [0.5, 0.6) is 0 Å². The summed E-state index contributed by atoms with van der Waals surface area (Å²) in [5, 5.41) is 5.46. The molecule has 6 nitrogen and oxygen atoms in total. The topological polar surface area (TPSA) is 64.7 Å². The molecule has 1 aromatic rings. The normalized spacial score (nSPS) is 17.3. The van der Waals surface area contributed by atoms with Crippen LogP contribution in [0.1, 0.15) is 37.7 Å². The van der Waals surface area contributed by atoms with E-state index in [9.17, 15) is 22.8 Å². The number of piperidine rings is 1. The van der Waals surface area contributed by atoms with E-state index in [1.807, 2.05) is 4.90 Å². The fraction of sp³-hybridized carbons (Fsp3) is 0.600. The minimum atomic E-state index is -4.49. The quantitative estimate of drug-likeness (QED) is 0.723. The van der Waals surface area contributed by atoms with E-state index in [1.54, 1.807) is 11.9 Å². The van der Waals surface area contributed by atoms with E-state index in [0.29, 0.717) is 5.69 Å². The van der Waals surface area contributed by atoms with Crippen LogP contribution < -0.4 is 15.5 Å². The van der Waals surface area contributed by atoms with Crippen molar-refractivity contribution in [2.24, 2.45) is 0 Å². The second-order valence-corrected chi connectivity index (χ2v) is 7.84. The number of likely N-dealkylation sites (N-methyl/N-ethyl adjacent to an activating group) is 1. The summed E-state index contributed by atoms with van der Waals surface area (Å²) in [7, 11) is 1.63. The molecule has 3 rings (SSSR count). The summed E-state index contributed by atoms with van der Waals surface area (Å²) in [6.45, 7) is 1.46. The first-order valence-electron chi connectivity index (χ1n) is 9.96. The van der Waals surface area contributed by atoms with Crippen molar-refractivity contribution in [1.29, 1.82) is 0 Å². The highest BCUT2D eigenvalue weighted by Crippen LogP contribution is 2.36. The zero-order chi connectivity index (χ0) is 21.0. The molecule has 0 spiro atoms. The van der Waals surface area contributed by atoms with Crippen LogP contribution in [0.25, 0.3) is 0 Å². The average molecular weight is 412 g/mol. The van der Waals surface area contributed by atoms with Crippen molar-refractivity contribution in [1.82, 2.24) is 10.2 Å². The molecule has 0 radical (unpaired) electrons. The third kappa shape index (κ3) is 6.35. The van der Waals surface area contributed by atoms with Crippen molar-refractivity contribution < 1.29 is 22.8 Å². The molecule has 0 unspecified atom stereocenters. The van der Waals surface area contributed by atoms with Gasteiger partial charge < -0.3 is 15.5 Å². The molecule has 1 aromatic carbocycles. The smallest absolute Gasteiger partial charge is 0.370 e. The lowest BCUT2D eigenvalue weighted by Gasteiger charge is -2.31. The predicted octanol–water partition coefficient (Wildman–Crippen LogP) is 2.84. The number of nitrogens with zero attached hydrogens (tertiary/aromatic N) is 2. The standard InChI is InChI=1S/C20H27F3N4O2/c1-26(12-18(28)24-15-6-7-15)13-19(29)25-16-11-14(20(21,22)23)5-8-17(16)27-9-3-2-4-10-27/h5,8,11,15H,2-4,6-7,9-10,12-13H2,1H3,(H,24,28)(H,25,29). The van der Waals surface area contributed by atoms with E-state index in [2.05, 4.69) is 10.6 Å². The number of rotatable bonds is 7. The molecule has 1 aliphatic carbocycles. The highest BCUT2D eigenvalue weighted by atomic mass is 19.4. The van der Waals surface area contributed by atoms with Gasteiger partial charge in [-0.05, 0) is 57.4 Å². The Morgan fingerprint density at radius 2 is 1.76 bits per heavy atom. The maximum Gasteiger partial charge on any atom is 0.416 e. The van der Waals surface area contributed by atoms with Crippen LogP contribution in [-0.2, 0) is 15.8 Å². The fourth-order valence-corrected chi connectivity index (χ4v) is 3.46. The van der Waals surface area contributed by atoms with Gasteiger partial charge in [-0.25, -0.2) is 0 Å². The monoisotopic (exact) mass is 412 g/mol. The summed E-state index contributed by atoms with van der Waals surface area (Å²) in [5.74, 6) is -0.611. The first-order valence-corrected chi connectivity index (χ1v) is 9.96. The van der Waals surface area contributed by atoms with Crippen LogP contribution in [0.4, 0.5) is 24.5 Å². The van der Waals surface area contributed by atoms with E-state index in [-0.39, 0.29) is 30.7 Å². The molecular formula is C20H27F3N4O2. The number of benzene rings is 1. The second kappa shape index (κ2) is 9.02. The van der Waals surface area contributed by atoms with Gasteiger partial charge >= 0.3 is 6.18 Å². The Bertz CT molecular complexity index is 744. The van der Waals surface area contributed by atoms with Gasteiger partial charge in [-0.2, -0.15) is 13.2 Å². The zero-order valence-electron chi connectivity index (χ0n) is 16.5. The lowest BCUT2D eigenvalue weighted by Crippen LogP contribution is -2.39. The molecule has 2 N–H and O–H groups in total. The SMILES string of the molecule is CN(CC(=O)Nc1cc(C(F)(F)F)ccc1N1CCCCC1)CC(=O)NC1CC1. The van der Waals surface area contributed by atoms with Crippen molar-refractivity contribution in [2.45, 2.75) is 44.3 Å². The molecule has 0 aromatic heterocycles. The van der Waals surface area contributed by atoms with Gasteiger partial charge in [0.05, 0.1) is 30.0 Å². The van der Waals surface area contributed by atoms with Crippen LogP contribution >= 0.6 is 0 Å². The van der Waals surface area contributed by atoms with Gasteiger partial charge in [-0.15, -0.1) is 0 Å². The molecule has 1 saturated carbocycles. The number of alkyl halides is 3. The summed E-state index contributed by atoms with van der Waals surface area (Å²) in [5.41, 5.74) is -0.0477. The van der Waals surface area contributed by atoms with Crippen LogP contribution in [0.15, 0.2) is 18.2 Å². The number of hydrogen-bond acceptors (Lipinski definition) is 4. The molecular weight excluding hydrogens is 385 g/mol. The maximum absolute atomic E-state index is 13.2. The molecule has 1 aliphatic heterocycles. The van der Waals surface area contributed by atoms with Gasteiger partial charge in [0.15, 0.2) is 0 Å². The molecule has 9 heteroatoms. The molecule has 2 fully saturated rings. The minimum absolute atomic E-state index is 0.0610. The van der Waals surface area contributed by atoms with Crippen molar-refractivity contribution in [3.63, 3.8) is 0 Å². The molecule has 29 heavy (non-hydrogen) atoms. The number of carbonyl (C=O) groups is 2. The Kier molecular flexibility index (Phi) is 6.66. The van der Waals surface area contributed by atoms with E-state index >= 15 is 0 Å². The molecule has 2 amide bonds. The third-order valence-corrected chi connectivity index (χ3v) is 5.06. The van der Waals surface area contributed by atoms with Gasteiger partial charge in [-0.3, -0.25) is 14.5 Å². The molecule has 0 atom stereocenters. The van der Waals surface area contributed by atoms with Crippen molar-refractivity contribution in [3.8, 4) is 0 Å². The first-order chi connectivity index (χ1) is 13.7. The maximum atomic E-state index is 13.2.